The van der Waals surface area contributed by atoms with Crippen molar-refractivity contribution in [2.24, 2.45) is 0 Å². The monoisotopic (exact) mass is 293 g/mol. The van der Waals surface area contributed by atoms with Crippen molar-refractivity contribution in [3.8, 4) is 0 Å². The van der Waals surface area contributed by atoms with Crippen LogP contribution in [0.5, 0.6) is 0 Å². The summed E-state index contributed by atoms with van der Waals surface area (Å²) in [4.78, 5) is 0. The molecule has 1 aliphatic heterocycles. The quantitative estimate of drug-likeness (QED) is 0.671. The molecule has 1 heterocycles. The van der Waals surface area contributed by atoms with Gasteiger partial charge in [0.2, 0.25) is 0 Å². The number of anilines is 1. The summed E-state index contributed by atoms with van der Waals surface area (Å²) in [5.41, 5.74) is 12.4. The highest BCUT2D eigenvalue weighted by atomic mass is 15.3. The summed E-state index contributed by atoms with van der Waals surface area (Å²) in [5, 5.41) is 0. The third kappa shape index (κ3) is 3.23. The van der Waals surface area contributed by atoms with Gasteiger partial charge in [-0.1, -0.05) is 48.0 Å². The van der Waals surface area contributed by atoms with Crippen LogP contribution in [-0.4, -0.2) is 24.6 Å². The molecule has 1 atom stereocenters. The number of nitrogen functional groups attached to an aromatic ring is 1. The summed E-state index contributed by atoms with van der Waals surface area (Å²) in [6, 6.07) is 17.1. The number of hydrogen-bond donors (Lipinski definition) is 1. The zero-order valence-corrected chi connectivity index (χ0v) is 13.5. The molecule has 2 aromatic carbocycles. The minimum Gasteiger partial charge on any atom is -0.398 e. The fourth-order valence-corrected chi connectivity index (χ4v) is 3.41. The first-order valence-corrected chi connectivity index (χ1v) is 7.99. The third-order valence-electron chi connectivity index (χ3n) is 4.57. The second-order valence-electron chi connectivity index (χ2n) is 6.75. The van der Waals surface area contributed by atoms with Crippen LogP contribution in [0, 0.1) is 6.92 Å². The van der Waals surface area contributed by atoms with Gasteiger partial charge in [0.05, 0.1) is 13.6 Å². The Kier molecular flexibility index (Phi) is 4.04. The van der Waals surface area contributed by atoms with E-state index < -0.39 is 0 Å². The number of likely N-dealkylation sites (N-methyl/N-ethyl adjacent to an activating group) is 1. The maximum absolute atomic E-state index is 6.21. The number of nitrogens with two attached hydrogens (primary N) is 1. The molecular formula is C20H25N2+. The van der Waals surface area contributed by atoms with Crippen LogP contribution in [0.1, 0.15) is 23.1 Å². The Bertz CT molecular complexity index is 688. The Hall–Kier alpha value is -2.06. The van der Waals surface area contributed by atoms with E-state index in [1.165, 1.54) is 28.8 Å². The van der Waals surface area contributed by atoms with Crippen molar-refractivity contribution >= 4 is 11.3 Å². The van der Waals surface area contributed by atoms with Crippen molar-refractivity contribution in [1.29, 1.82) is 0 Å². The zero-order chi connectivity index (χ0) is 15.6. The van der Waals surface area contributed by atoms with Gasteiger partial charge in [0.15, 0.2) is 0 Å². The summed E-state index contributed by atoms with van der Waals surface area (Å²) >= 11 is 0. The van der Waals surface area contributed by atoms with Crippen LogP contribution >= 0.6 is 0 Å². The second-order valence-corrected chi connectivity index (χ2v) is 6.75. The number of quaternary nitrogens is 1. The number of rotatable bonds is 3. The van der Waals surface area contributed by atoms with Gasteiger partial charge in [-0.15, -0.1) is 0 Å². The molecule has 0 aliphatic carbocycles. The molecule has 1 unspecified atom stereocenters. The molecule has 0 amide bonds. The molecule has 22 heavy (non-hydrogen) atoms. The predicted octanol–water partition coefficient (Wildman–Crippen LogP) is 4.01. The first-order valence-electron chi connectivity index (χ1n) is 7.99. The second kappa shape index (κ2) is 5.98. The van der Waals surface area contributed by atoms with Gasteiger partial charge < -0.3 is 10.2 Å². The van der Waals surface area contributed by atoms with Crippen molar-refractivity contribution in [2.45, 2.75) is 19.9 Å². The highest BCUT2D eigenvalue weighted by molar-refractivity contribution is 5.76. The van der Waals surface area contributed by atoms with E-state index in [1.54, 1.807) is 0 Å². The van der Waals surface area contributed by atoms with Crippen LogP contribution in [0.4, 0.5) is 5.69 Å². The minimum absolute atomic E-state index is 0.894. The van der Waals surface area contributed by atoms with Crippen LogP contribution in [-0.2, 0) is 6.54 Å². The van der Waals surface area contributed by atoms with Gasteiger partial charge in [0, 0.05) is 28.8 Å². The van der Waals surface area contributed by atoms with Gasteiger partial charge in [-0.05, 0) is 19.1 Å². The summed E-state index contributed by atoms with van der Waals surface area (Å²) in [7, 11) is 2.35. The maximum atomic E-state index is 6.21. The Morgan fingerprint density at radius 2 is 1.86 bits per heavy atom. The lowest BCUT2D eigenvalue weighted by Gasteiger charge is -2.38. The van der Waals surface area contributed by atoms with Crippen molar-refractivity contribution < 1.29 is 4.48 Å². The Morgan fingerprint density at radius 3 is 2.64 bits per heavy atom. The molecule has 2 N–H and O–H groups in total. The molecule has 114 valence electrons. The number of nitrogens with zero attached hydrogens (tertiary/aromatic N) is 1. The van der Waals surface area contributed by atoms with Crippen molar-refractivity contribution in [3.05, 3.63) is 71.3 Å². The standard InChI is InChI=1S/C20H25N2/c1-16-10-11-20(21)19(13-16)18-9-6-12-22(2,15-18)14-17-7-4-3-5-8-17/h3-5,7-11,13H,6,12,14-15,21H2,1-2H3/q+1. The van der Waals surface area contributed by atoms with E-state index in [2.05, 4.69) is 62.5 Å². The molecule has 2 heteroatoms. The maximum Gasteiger partial charge on any atom is 0.105 e. The van der Waals surface area contributed by atoms with Crippen molar-refractivity contribution in [3.63, 3.8) is 0 Å². The van der Waals surface area contributed by atoms with E-state index in [0.717, 1.165) is 29.7 Å². The van der Waals surface area contributed by atoms with Gasteiger partial charge in [-0.25, -0.2) is 0 Å². The average Bonchev–Trinajstić information content (AvgIpc) is 2.50. The topological polar surface area (TPSA) is 26.0 Å². The molecule has 3 rings (SSSR count). The van der Waals surface area contributed by atoms with Gasteiger partial charge in [0.1, 0.15) is 13.1 Å². The zero-order valence-electron chi connectivity index (χ0n) is 13.5. The summed E-state index contributed by atoms with van der Waals surface area (Å²) < 4.78 is 1.04. The molecule has 0 fully saturated rings. The van der Waals surface area contributed by atoms with E-state index in [9.17, 15) is 0 Å². The molecule has 0 bridgehead atoms. The van der Waals surface area contributed by atoms with Crippen LogP contribution in [0.15, 0.2) is 54.6 Å². The molecule has 0 saturated heterocycles. The number of benzene rings is 2. The molecule has 0 radical (unpaired) electrons. The molecule has 1 aliphatic rings. The summed E-state index contributed by atoms with van der Waals surface area (Å²) in [6.07, 6.45) is 3.49. The highest BCUT2D eigenvalue weighted by Gasteiger charge is 2.27. The van der Waals surface area contributed by atoms with Crippen LogP contribution in [0.25, 0.3) is 5.57 Å². The molecular weight excluding hydrogens is 268 g/mol. The van der Waals surface area contributed by atoms with Gasteiger partial charge >= 0.3 is 0 Å². The van der Waals surface area contributed by atoms with Crippen molar-refractivity contribution in [1.82, 2.24) is 0 Å². The first kappa shape index (κ1) is 14.9. The minimum atomic E-state index is 0.894. The Morgan fingerprint density at radius 1 is 1.09 bits per heavy atom. The molecule has 0 aromatic heterocycles. The molecule has 0 saturated carbocycles. The van der Waals surface area contributed by atoms with Gasteiger partial charge in [0.25, 0.3) is 0 Å². The van der Waals surface area contributed by atoms with E-state index in [1.807, 2.05) is 6.07 Å². The SMILES string of the molecule is Cc1ccc(N)c(C2=CCC[N+](C)(Cc3ccccc3)C2)c1. The molecule has 2 aromatic rings. The largest absolute Gasteiger partial charge is 0.398 e. The van der Waals surface area contributed by atoms with Gasteiger partial charge in [-0.2, -0.15) is 0 Å². The smallest absolute Gasteiger partial charge is 0.105 e. The third-order valence-corrected chi connectivity index (χ3v) is 4.57. The van der Waals surface area contributed by atoms with E-state index in [-0.39, 0.29) is 0 Å². The first-order chi connectivity index (χ1) is 10.6. The lowest BCUT2D eigenvalue weighted by atomic mass is 9.96. The lowest BCUT2D eigenvalue weighted by molar-refractivity contribution is -0.916. The predicted molar refractivity (Wildman–Crippen MR) is 94.2 cm³/mol. The van der Waals surface area contributed by atoms with E-state index in [0.29, 0.717) is 0 Å². The molecule has 0 spiro atoms. The average molecular weight is 293 g/mol. The van der Waals surface area contributed by atoms with Crippen LogP contribution in [0.2, 0.25) is 0 Å². The van der Waals surface area contributed by atoms with Crippen molar-refractivity contribution in [2.75, 3.05) is 25.9 Å². The lowest BCUT2D eigenvalue weighted by Crippen LogP contribution is -2.46. The number of aryl methyl sites for hydroxylation is 1. The Labute approximate surface area is 133 Å². The van der Waals surface area contributed by atoms with Crippen LogP contribution in [0.3, 0.4) is 0 Å². The Balaban J connectivity index is 1.84. The van der Waals surface area contributed by atoms with Crippen LogP contribution < -0.4 is 5.73 Å². The fourth-order valence-electron chi connectivity index (χ4n) is 3.41. The van der Waals surface area contributed by atoms with E-state index in [4.69, 9.17) is 5.73 Å². The van der Waals surface area contributed by atoms with E-state index >= 15 is 0 Å². The summed E-state index contributed by atoms with van der Waals surface area (Å²) in [6.45, 7) is 5.43. The normalized spacial score (nSPS) is 21.5. The summed E-state index contributed by atoms with van der Waals surface area (Å²) in [5.74, 6) is 0. The van der Waals surface area contributed by atoms with Gasteiger partial charge in [-0.3, -0.25) is 0 Å². The highest BCUT2D eigenvalue weighted by Crippen LogP contribution is 2.30. The number of hydrogen-bond acceptors (Lipinski definition) is 1. The fraction of sp³-hybridized carbons (Fsp3) is 0.300. The molecule has 2 nitrogen and oxygen atoms in total.